The molecule has 86 valence electrons. The van der Waals surface area contributed by atoms with E-state index in [2.05, 4.69) is 12.7 Å². The number of fused-ring (bicyclic) bond motifs is 1. The van der Waals surface area contributed by atoms with Crippen LogP contribution in [0.15, 0.2) is 36.1 Å². The summed E-state index contributed by atoms with van der Waals surface area (Å²) in [5.41, 5.74) is 7.43. The number of nitrogens with two attached hydrogens (primary N) is 1. The third kappa shape index (κ3) is 1.90. The molecule has 16 heavy (non-hydrogen) atoms. The Morgan fingerprint density at radius 2 is 2.38 bits per heavy atom. The highest BCUT2D eigenvalue weighted by Gasteiger charge is 2.28. The number of carbonyl (C=O) groups is 1. The van der Waals surface area contributed by atoms with E-state index >= 15 is 0 Å². The maximum Gasteiger partial charge on any atom is 0.270 e. The van der Waals surface area contributed by atoms with Crippen molar-refractivity contribution in [3.63, 3.8) is 0 Å². The number of rotatable bonds is 2. The number of nitrogens with zero attached hydrogens (tertiary/aromatic N) is 1. The van der Waals surface area contributed by atoms with Gasteiger partial charge in [0.25, 0.3) is 5.91 Å². The molecule has 0 saturated heterocycles. The van der Waals surface area contributed by atoms with Crippen LogP contribution in [0.2, 0.25) is 0 Å². The van der Waals surface area contributed by atoms with Crippen LogP contribution in [0.1, 0.15) is 19.3 Å². The smallest absolute Gasteiger partial charge is 0.270 e. The Labute approximate surface area is 96.3 Å². The molecule has 0 aromatic rings. The molecule has 2 aliphatic rings. The topological polar surface area (TPSA) is 46.3 Å². The summed E-state index contributed by atoms with van der Waals surface area (Å²) in [6.45, 7) is 5.04. The average molecular weight is 218 g/mol. The monoisotopic (exact) mass is 218 g/mol. The lowest BCUT2D eigenvalue weighted by Gasteiger charge is -2.20. The molecule has 0 radical (unpaired) electrons. The van der Waals surface area contributed by atoms with Crippen molar-refractivity contribution in [2.45, 2.75) is 19.3 Å². The fourth-order valence-corrected chi connectivity index (χ4v) is 2.45. The van der Waals surface area contributed by atoms with Crippen LogP contribution in [0.3, 0.4) is 0 Å². The third-order valence-electron chi connectivity index (χ3n) is 3.34. The van der Waals surface area contributed by atoms with Crippen molar-refractivity contribution >= 4 is 5.91 Å². The van der Waals surface area contributed by atoms with E-state index in [-0.39, 0.29) is 5.91 Å². The van der Waals surface area contributed by atoms with Crippen LogP contribution < -0.4 is 5.73 Å². The van der Waals surface area contributed by atoms with Crippen LogP contribution in [0.5, 0.6) is 0 Å². The lowest BCUT2D eigenvalue weighted by atomic mass is 9.86. The van der Waals surface area contributed by atoms with Gasteiger partial charge in [-0.1, -0.05) is 18.2 Å². The van der Waals surface area contributed by atoms with E-state index in [0.29, 0.717) is 18.2 Å². The van der Waals surface area contributed by atoms with E-state index in [1.807, 2.05) is 6.08 Å². The molecule has 2 N–H and O–H groups in total. The van der Waals surface area contributed by atoms with Gasteiger partial charge in [0.1, 0.15) is 5.70 Å². The molecular formula is C13H18N2O. The summed E-state index contributed by atoms with van der Waals surface area (Å²) in [6.07, 6.45) is 9.10. The Hall–Kier alpha value is -1.51. The van der Waals surface area contributed by atoms with E-state index in [9.17, 15) is 4.79 Å². The first kappa shape index (κ1) is 11.0. The van der Waals surface area contributed by atoms with Crippen LogP contribution in [0, 0.1) is 5.92 Å². The minimum Gasteiger partial charge on any atom is -0.394 e. The number of carbonyl (C=O) groups excluding carboxylic acids is 1. The van der Waals surface area contributed by atoms with Crippen molar-refractivity contribution in [3.8, 4) is 0 Å². The minimum atomic E-state index is -0.0380. The SMILES string of the molecule is C=CCN1CC[C@@H]2CCC=CC2=C(N)C1=O. The molecule has 1 aliphatic carbocycles. The second kappa shape index (κ2) is 4.56. The molecule has 0 aromatic heterocycles. The molecule has 0 unspecified atom stereocenters. The molecule has 0 spiro atoms. The summed E-state index contributed by atoms with van der Waals surface area (Å²) in [7, 11) is 0. The van der Waals surface area contributed by atoms with Crippen LogP contribution >= 0.6 is 0 Å². The molecule has 0 saturated carbocycles. The molecule has 3 heteroatoms. The fraction of sp³-hybridized carbons (Fsp3) is 0.462. The molecule has 0 fully saturated rings. The van der Waals surface area contributed by atoms with Gasteiger partial charge in [0.15, 0.2) is 0 Å². The maximum atomic E-state index is 12.1. The first-order chi connectivity index (χ1) is 7.74. The average Bonchev–Trinajstić information content (AvgIpc) is 2.43. The largest absolute Gasteiger partial charge is 0.394 e. The lowest BCUT2D eigenvalue weighted by Crippen LogP contribution is -2.34. The van der Waals surface area contributed by atoms with Crippen molar-refractivity contribution in [2.24, 2.45) is 11.7 Å². The Balaban J connectivity index is 2.30. The normalized spacial score (nSPS) is 25.4. The van der Waals surface area contributed by atoms with Crippen molar-refractivity contribution in [3.05, 3.63) is 36.1 Å². The predicted octanol–water partition coefficient (Wildman–Crippen LogP) is 1.58. The van der Waals surface area contributed by atoms with E-state index < -0.39 is 0 Å². The second-order valence-electron chi connectivity index (χ2n) is 4.37. The molecule has 3 nitrogen and oxygen atoms in total. The maximum absolute atomic E-state index is 12.1. The van der Waals surface area contributed by atoms with E-state index in [1.165, 1.54) is 0 Å². The van der Waals surface area contributed by atoms with Crippen molar-refractivity contribution in [2.75, 3.05) is 13.1 Å². The molecule has 1 aliphatic heterocycles. The van der Waals surface area contributed by atoms with Crippen molar-refractivity contribution in [1.82, 2.24) is 4.90 Å². The van der Waals surface area contributed by atoms with Crippen LogP contribution in [0.4, 0.5) is 0 Å². The van der Waals surface area contributed by atoms with Crippen molar-refractivity contribution in [1.29, 1.82) is 0 Å². The Morgan fingerprint density at radius 3 is 3.12 bits per heavy atom. The highest BCUT2D eigenvalue weighted by molar-refractivity contribution is 5.94. The number of allylic oxidation sites excluding steroid dienone is 3. The van der Waals surface area contributed by atoms with Gasteiger partial charge in [-0.05, 0) is 30.8 Å². The van der Waals surface area contributed by atoms with Gasteiger partial charge in [0.2, 0.25) is 0 Å². The fourth-order valence-electron chi connectivity index (χ4n) is 2.45. The van der Waals surface area contributed by atoms with E-state index in [1.54, 1.807) is 11.0 Å². The quantitative estimate of drug-likeness (QED) is 0.715. The van der Waals surface area contributed by atoms with Gasteiger partial charge in [-0.2, -0.15) is 0 Å². The Morgan fingerprint density at radius 1 is 1.56 bits per heavy atom. The highest BCUT2D eigenvalue weighted by atomic mass is 16.2. The molecule has 1 atom stereocenters. The molecule has 0 aromatic carbocycles. The van der Waals surface area contributed by atoms with Gasteiger partial charge < -0.3 is 10.6 Å². The summed E-state index contributed by atoms with van der Waals surface area (Å²) in [6, 6.07) is 0. The molecule has 2 rings (SSSR count). The summed E-state index contributed by atoms with van der Waals surface area (Å²) in [4.78, 5) is 13.8. The first-order valence-electron chi connectivity index (χ1n) is 5.80. The molecule has 1 amide bonds. The number of amides is 1. The number of hydrogen-bond donors (Lipinski definition) is 1. The molecule has 1 heterocycles. The summed E-state index contributed by atoms with van der Waals surface area (Å²) >= 11 is 0. The van der Waals surface area contributed by atoms with E-state index in [4.69, 9.17) is 5.73 Å². The lowest BCUT2D eigenvalue weighted by molar-refractivity contribution is -0.126. The van der Waals surface area contributed by atoms with Crippen LogP contribution in [-0.4, -0.2) is 23.9 Å². The highest BCUT2D eigenvalue weighted by Crippen LogP contribution is 2.31. The van der Waals surface area contributed by atoms with E-state index in [0.717, 1.165) is 31.4 Å². The summed E-state index contributed by atoms with van der Waals surface area (Å²) < 4.78 is 0. The summed E-state index contributed by atoms with van der Waals surface area (Å²) in [5.74, 6) is 0.424. The second-order valence-corrected chi connectivity index (χ2v) is 4.37. The van der Waals surface area contributed by atoms with Crippen LogP contribution in [0.25, 0.3) is 0 Å². The van der Waals surface area contributed by atoms with Gasteiger partial charge in [0.05, 0.1) is 0 Å². The minimum absolute atomic E-state index is 0.0380. The Bertz CT molecular complexity index is 368. The van der Waals surface area contributed by atoms with Gasteiger partial charge in [-0.3, -0.25) is 4.79 Å². The zero-order valence-corrected chi connectivity index (χ0v) is 9.48. The van der Waals surface area contributed by atoms with Gasteiger partial charge >= 0.3 is 0 Å². The predicted molar refractivity (Wildman–Crippen MR) is 64.5 cm³/mol. The first-order valence-corrected chi connectivity index (χ1v) is 5.80. The molecular weight excluding hydrogens is 200 g/mol. The van der Waals surface area contributed by atoms with Gasteiger partial charge in [0, 0.05) is 13.1 Å². The van der Waals surface area contributed by atoms with Crippen LogP contribution in [-0.2, 0) is 4.79 Å². The zero-order valence-electron chi connectivity index (χ0n) is 9.48. The van der Waals surface area contributed by atoms with Crippen molar-refractivity contribution < 1.29 is 4.79 Å². The zero-order chi connectivity index (χ0) is 11.5. The van der Waals surface area contributed by atoms with Gasteiger partial charge in [-0.15, -0.1) is 6.58 Å². The Kier molecular flexibility index (Phi) is 3.13. The number of hydrogen-bond acceptors (Lipinski definition) is 2. The third-order valence-corrected chi connectivity index (χ3v) is 3.34. The van der Waals surface area contributed by atoms with Gasteiger partial charge in [-0.25, -0.2) is 0 Å². The molecule has 0 bridgehead atoms. The summed E-state index contributed by atoms with van der Waals surface area (Å²) in [5, 5.41) is 0. The standard InChI is InChI=1S/C13H18N2O/c1-2-8-15-9-7-10-5-3-4-6-11(10)12(14)13(15)16/h2,4,6,10H,1,3,5,7-9,14H2/t10-/m0/s1.